The number of nitrogens with one attached hydrogen (secondary N) is 2. The summed E-state index contributed by atoms with van der Waals surface area (Å²) in [4.78, 5) is 11.3. The molecular weight excluding hydrogens is 235 g/mol. The highest BCUT2D eigenvalue weighted by Crippen LogP contribution is 2.19. The maximum absolute atomic E-state index is 11.3. The molecule has 0 heterocycles. The zero-order chi connectivity index (χ0) is 11.3. The van der Waals surface area contributed by atoms with Gasteiger partial charge in [-0.25, -0.2) is 4.79 Å². The van der Waals surface area contributed by atoms with Crippen molar-refractivity contribution < 1.29 is 4.79 Å². The van der Waals surface area contributed by atoms with Crippen LogP contribution in [0.5, 0.6) is 0 Å². The molecule has 0 aliphatic carbocycles. The van der Waals surface area contributed by atoms with Crippen molar-refractivity contribution in [1.82, 2.24) is 5.32 Å². The fourth-order valence-electron chi connectivity index (χ4n) is 1.09. The van der Waals surface area contributed by atoms with Gasteiger partial charge in [-0.2, -0.15) is 0 Å². The number of halogens is 2. The number of benzene rings is 1. The molecule has 0 fully saturated rings. The van der Waals surface area contributed by atoms with Crippen LogP contribution >= 0.6 is 23.2 Å². The molecule has 0 radical (unpaired) electrons. The van der Waals surface area contributed by atoms with Crippen molar-refractivity contribution in [3.63, 3.8) is 0 Å². The van der Waals surface area contributed by atoms with Gasteiger partial charge < -0.3 is 10.6 Å². The van der Waals surface area contributed by atoms with Crippen LogP contribution in [0.15, 0.2) is 18.2 Å². The largest absolute Gasteiger partial charge is 0.337 e. The first-order valence-electron chi connectivity index (χ1n) is 4.50. The van der Waals surface area contributed by atoms with E-state index in [9.17, 15) is 4.79 Å². The van der Waals surface area contributed by atoms with E-state index in [1.807, 2.05) is 6.92 Å². The van der Waals surface area contributed by atoms with E-state index in [-0.39, 0.29) is 6.03 Å². The van der Waals surface area contributed by atoms with Gasteiger partial charge in [0.25, 0.3) is 0 Å². The van der Waals surface area contributed by atoms with Gasteiger partial charge in [-0.15, -0.1) is 11.6 Å². The first-order valence-corrected chi connectivity index (χ1v) is 5.41. The fourth-order valence-corrected chi connectivity index (χ4v) is 1.42. The van der Waals surface area contributed by atoms with Crippen molar-refractivity contribution in [3.05, 3.63) is 28.8 Å². The molecule has 0 unspecified atom stereocenters. The summed E-state index contributed by atoms with van der Waals surface area (Å²) >= 11 is 11.2. The minimum Gasteiger partial charge on any atom is -0.337 e. The number of rotatable bonds is 3. The lowest BCUT2D eigenvalue weighted by atomic mass is 10.2. The van der Waals surface area contributed by atoms with Crippen molar-refractivity contribution in [2.45, 2.75) is 6.92 Å². The first kappa shape index (κ1) is 12.1. The number of aryl methyl sites for hydroxylation is 1. The maximum Gasteiger partial charge on any atom is 0.319 e. The van der Waals surface area contributed by atoms with E-state index in [0.29, 0.717) is 17.4 Å². The van der Waals surface area contributed by atoms with Gasteiger partial charge in [-0.05, 0) is 30.7 Å². The third-order valence-corrected chi connectivity index (χ3v) is 2.24. The Balaban J connectivity index is 2.60. The number of carbonyl (C=O) groups is 1. The van der Waals surface area contributed by atoms with E-state index in [2.05, 4.69) is 10.6 Å². The van der Waals surface area contributed by atoms with Crippen molar-refractivity contribution >= 4 is 34.9 Å². The van der Waals surface area contributed by atoms with Crippen LogP contribution in [-0.4, -0.2) is 18.5 Å². The Morgan fingerprint density at radius 1 is 1.47 bits per heavy atom. The maximum atomic E-state index is 11.3. The lowest BCUT2D eigenvalue weighted by molar-refractivity contribution is 0.252. The summed E-state index contributed by atoms with van der Waals surface area (Å²) in [6.45, 7) is 2.32. The van der Waals surface area contributed by atoms with Crippen LogP contribution in [0.25, 0.3) is 0 Å². The predicted octanol–water partition coefficient (Wildman–Crippen LogP) is 3.01. The monoisotopic (exact) mass is 246 g/mol. The molecule has 0 aromatic heterocycles. The van der Waals surface area contributed by atoms with Crippen LogP contribution in [0.1, 0.15) is 5.56 Å². The molecule has 3 nitrogen and oxygen atoms in total. The third kappa shape index (κ3) is 3.98. The molecule has 0 bridgehead atoms. The summed E-state index contributed by atoms with van der Waals surface area (Å²) in [7, 11) is 0. The number of hydrogen-bond donors (Lipinski definition) is 2. The van der Waals surface area contributed by atoms with Gasteiger partial charge in [-0.1, -0.05) is 11.6 Å². The molecule has 0 aliphatic rings. The van der Waals surface area contributed by atoms with Gasteiger partial charge in [-0.3, -0.25) is 0 Å². The van der Waals surface area contributed by atoms with Gasteiger partial charge in [0, 0.05) is 23.1 Å². The van der Waals surface area contributed by atoms with E-state index < -0.39 is 0 Å². The smallest absolute Gasteiger partial charge is 0.319 e. The molecule has 0 atom stereocenters. The van der Waals surface area contributed by atoms with Crippen molar-refractivity contribution in [2.24, 2.45) is 0 Å². The Bertz CT molecular complexity index is 355. The summed E-state index contributed by atoms with van der Waals surface area (Å²) < 4.78 is 0. The molecule has 0 saturated heterocycles. The van der Waals surface area contributed by atoms with Crippen LogP contribution < -0.4 is 10.6 Å². The van der Waals surface area contributed by atoms with E-state index in [1.165, 1.54) is 0 Å². The normalized spacial score (nSPS) is 9.80. The van der Waals surface area contributed by atoms with Gasteiger partial charge in [0.2, 0.25) is 0 Å². The second-order valence-electron chi connectivity index (χ2n) is 3.03. The first-order chi connectivity index (χ1) is 7.13. The molecule has 1 rings (SSSR count). The predicted molar refractivity (Wildman–Crippen MR) is 63.9 cm³/mol. The Morgan fingerprint density at radius 3 is 2.80 bits per heavy atom. The quantitative estimate of drug-likeness (QED) is 0.792. The standard InChI is InChI=1S/C10H12Cl2N2O/c1-7-6-8(12)2-3-9(7)14-10(15)13-5-4-11/h2-3,6H,4-5H2,1H3,(H2,13,14,15). The molecule has 0 spiro atoms. The zero-order valence-corrected chi connectivity index (χ0v) is 9.82. The summed E-state index contributed by atoms with van der Waals surface area (Å²) in [6, 6.07) is 5.02. The highest BCUT2D eigenvalue weighted by atomic mass is 35.5. The highest BCUT2D eigenvalue weighted by molar-refractivity contribution is 6.30. The molecule has 5 heteroatoms. The molecule has 0 aliphatic heterocycles. The average Bonchev–Trinajstić information content (AvgIpc) is 2.19. The van der Waals surface area contributed by atoms with Gasteiger partial charge >= 0.3 is 6.03 Å². The lowest BCUT2D eigenvalue weighted by Crippen LogP contribution is -2.30. The number of carbonyl (C=O) groups excluding carboxylic acids is 1. The van der Waals surface area contributed by atoms with Gasteiger partial charge in [0.05, 0.1) is 0 Å². The molecule has 2 amide bonds. The van der Waals surface area contributed by atoms with Crippen LogP contribution in [0.2, 0.25) is 5.02 Å². The zero-order valence-electron chi connectivity index (χ0n) is 8.31. The summed E-state index contributed by atoms with van der Waals surface area (Å²) in [6.07, 6.45) is 0. The number of amides is 2. The average molecular weight is 247 g/mol. The minimum atomic E-state index is -0.263. The number of urea groups is 1. The summed E-state index contributed by atoms with van der Waals surface area (Å²) in [5, 5.41) is 5.96. The Hall–Kier alpha value is -0.930. The van der Waals surface area contributed by atoms with E-state index in [4.69, 9.17) is 23.2 Å². The molecule has 1 aromatic rings. The third-order valence-electron chi connectivity index (χ3n) is 1.82. The molecule has 0 saturated carbocycles. The Kier molecular flexibility index (Phi) is 4.72. The van der Waals surface area contributed by atoms with Gasteiger partial charge in [0.1, 0.15) is 0 Å². The summed E-state index contributed by atoms with van der Waals surface area (Å²) in [5.41, 5.74) is 1.66. The second kappa shape index (κ2) is 5.83. The Morgan fingerprint density at radius 2 is 2.20 bits per heavy atom. The number of hydrogen-bond acceptors (Lipinski definition) is 1. The topological polar surface area (TPSA) is 41.1 Å². The number of alkyl halides is 1. The van der Waals surface area contributed by atoms with Crippen LogP contribution in [0.3, 0.4) is 0 Å². The Labute approximate surface area is 98.8 Å². The van der Waals surface area contributed by atoms with Crippen molar-refractivity contribution in [3.8, 4) is 0 Å². The van der Waals surface area contributed by atoms with Crippen LogP contribution in [0, 0.1) is 6.92 Å². The van der Waals surface area contributed by atoms with Gasteiger partial charge in [0.15, 0.2) is 0 Å². The van der Waals surface area contributed by atoms with Crippen molar-refractivity contribution in [2.75, 3.05) is 17.7 Å². The number of anilines is 1. The highest BCUT2D eigenvalue weighted by Gasteiger charge is 2.03. The van der Waals surface area contributed by atoms with E-state index in [1.54, 1.807) is 18.2 Å². The van der Waals surface area contributed by atoms with E-state index in [0.717, 1.165) is 11.3 Å². The minimum absolute atomic E-state index is 0.263. The molecule has 2 N–H and O–H groups in total. The second-order valence-corrected chi connectivity index (χ2v) is 3.84. The fraction of sp³-hybridized carbons (Fsp3) is 0.300. The summed E-state index contributed by atoms with van der Waals surface area (Å²) in [5.74, 6) is 0.396. The van der Waals surface area contributed by atoms with Crippen molar-refractivity contribution in [1.29, 1.82) is 0 Å². The SMILES string of the molecule is Cc1cc(Cl)ccc1NC(=O)NCCCl. The van der Waals surface area contributed by atoms with Crippen LogP contribution in [0.4, 0.5) is 10.5 Å². The molecule has 82 valence electrons. The van der Waals surface area contributed by atoms with Crippen LogP contribution in [-0.2, 0) is 0 Å². The molecule has 15 heavy (non-hydrogen) atoms. The molecular formula is C10H12Cl2N2O. The molecule has 1 aromatic carbocycles. The van der Waals surface area contributed by atoms with E-state index >= 15 is 0 Å². The lowest BCUT2D eigenvalue weighted by Gasteiger charge is -2.09.